The number of halogens is 2. The molecule has 1 atom stereocenters. The van der Waals surface area contributed by atoms with Gasteiger partial charge in [0.1, 0.15) is 5.75 Å². The van der Waals surface area contributed by atoms with Crippen LogP contribution in [0.4, 0.5) is 8.78 Å². The third-order valence-corrected chi connectivity index (χ3v) is 2.83. The fraction of sp³-hybridized carbons (Fsp3) is 0.250. The normalized spacial score (nSPS) is 12.2. The average molecular weight is 277 g/mol. The summed E-state index contributed by atoms with van der Waals surface area (Å²) in [4.78, 5) is 0. The predicted molar refractivity (Wildman–Crippen MR) is 75.0 cm³/mol. The molecule has 0 aliphatic heterocycles. The summed E-state index contributed by atoms with van der Waals surface area (Å²) in [6.07, 6.45) is 0.415. The fourth-order valence-electron chi connectivity index (χ4n) is 2.00. The van der Waals surface area contributed by atoms with Crippen molar-refractivity contribution in [3.63, 3.8) is 0 Å². The van der Waals surface area contributed by atoms with Crippen molar-refractivity contribution >= 4 is 0 Å². The topological polar surface area (TPSA) is 35.2 Å². The second kappa shape index (κ2) is 6.01. The highest BCUT2D eigenvalue weighted by Gasteiger charge is 2.14. The number of hydrogen-bond acceptors (Lipinski definition) is 2. The molecule has 0 saturated carbocycles. The summed E-state index contributed by atoms with van der Waals surface area (Å²) in [5.41, 5.74) is 7.10. The van der Waals surface area contributed by atoms with Crippen LogP contribution in [-0.2, 0) is 6.42 Å². The smallest absolute Gasteiger partial charge is 0.198 e. The number of aryl methyl sites for hydroxylation is 1. The van der Waals surface area contributed by atoms with Gasteiger partial charge in [-0.25, -0.2) is 8.78 Å². The first-order chi connectivity index (χ1) is 9.45. The van der Waals surface area contributed by atoms with E-state index in [1.807, 2.05) is 13.0 Å². The van der Waals surface area contributed by atoms with E-state index in [-0.39, 0.29) is 11.8 Å². The first kappa shape index (κ1) is 14.5. The first-order valence-electron chi connectivity index (χ1n) is 6.43. The van der Waals surface area contributed by atoms with Gasteiger partial charge in [-0.15, -0.1) is 0 Å². The molecule has 0 fully saturated rings. The van der Waals surface area contributed by atoms with Crippen LogP contribution < -0.4 is 10.5 Å². The quantitative estimate of drug-likeness (QED) is 0.918. The van der Waals surface area contributed by atoms with Crippen LogP contribution in [0.5, 0.6) is 11.5 Å². The van der Waals surface area contributed by atoms with Crippen LogP contribution in [0.1, 0.15) is 18.1 Å². The van der Waals surface area contributed by atoms with E-state index in [0.29, 0.717) is 17.7 Å². The van der Waals surface area contributed by atoms with E-state index in [1.54, 1.807) is 25.1 Å². The maximum absolute atomic E-state index is 13.9. The Bertz CT molecular complexity index is 588. The Hall–Kier alpha value is -1.94. The van der Waals surface area contributed by atoms with Gasteiger partial charge in [0.25, 0.3) is 0 Å². The van der Waals surface area contributed by atoms with E-state index in [2.05, 4.69) is 0 Å². The zero-order valence-corrected chi connectivity index (χ0v) is 11.5. The second-order valence-electron chi connectivity index (χ2n) is 4.99. The SMILES string of the molecule is Cc1cccc(Oc2c(F)cc(CC(C)N)cc2F)c1. The Morgan fingerprint density at radius 1 is 1.15 bits per heavy atom. The van der Waals surface area contributed by atoms with E-state index in [0.717, 1.165) is 5.56 Å². The molecule has 0 aromatic heterocycles. The molecule has 0 saturated heterocycles. The standard InChI is InChI=1S/C16H17F2NO/c1-10-4-3-5-13(6-10)20-16-14(17)8-12(7-11(2)19)9-15(16)18/h3-6,8-9,11H,7,19H2,1-2H3. The minimum atomic E-state index is -0.720. The van der Waals surface area contributed by atoms with Crippen LogP contribution in [0.2, 0.25) is 0 Å². The maximum atomic E-state index is 13.9. The fourth-order valence-corrected chi connectivity index (χ4v) is 2.00. The van der Waals surface area contributed by atoms with Gasteiger partial charge in [-0.2, -0.15) is 0 Å². The Labute approximate surface area is 117 Å². The molecule has 1 unspecified atom stereocenters. The van der Waals surface area contributed by atoms with Crippen LogP contribution in [0.3, 0.4) is 0 Å². The van der Waals surface area contributed by atoms with Gasteiger partial charge in [0.05, 0.1) is 0 Å². The van der Waals surface area contributed by atoms with E-state index in [9.17, 15) is 8.78 Å². The van der Waals surface area contributed by atoms with Gasteiger partial charge < -0.3 is 10.5 Å². The molecule has 0 bridgehead atoms. The second-order valence-corrected chi connectivity index (χ2v) is 4.99. The third kappa shape index (κ3) is 3.54. The van der Waals surface area contributed by atoms with Crippen molar-refractivity contribution in [2.75, 3.05) is 0 Å². The Morgan fingerprint density at radius 2 is 1.80 bits per heavy atom. The van der Waals surface area contributed by atoms with E-state index in [1.165, 1.54) is 12.1 Å². The summed E-state index contributed by atoms with van der Waals surface area (Å²) in [6, 6.07) is 9.39. The van der Waals surface area contributed by atoms with E-state index < -0.39 is 11.6 Å². The minimum Gasteiger partial charge on any atom is -0.451 e. The zero-order chi connectivity index (χ0) is 14.7. The summed E-state index contributed by atoms with van der Waals surface area (Å²) in [6.45, 7) is 3.66. The Balaban J connectivity index is 2.28. The molecular formula is C16H17F2NO. The van der Waals surface area contributed by atoms with Crippen LogP contribution >= 0.6 is 0 Å². The molecule has 0 aliphatic carbocycles. The van der Waals surface area contributed by atoms with Crippen molar-refractivity contribution in [3.8, 4) is 11.5 Å². The van der Waals surface area contributed by atoms with Crippen LogP contribution in [0.15, 0.2) is 36.4 Å². The summed E-state index contributed by atoms with van der Waals surface area (Å²) in [5.74, 6) is -1.42. The van der Waals surface area contributed by atoms with Crippen molar-refractivity contribution in [1.29, 1.82) is 0 Å². The van der Waals surface area contributed by atoms with Gasteiger partial charge in [0.2, 0.25) is 0 Å². The number of ether oxygens (including phenoxy) is 1. The third-order valence-electron chi connectivity index (χ3n) is 2.83. The molecule has 0 aliphatic rings. The van der Waals surface area contributed by atoms with Crippen molar-refractivity contribution in [2.24, 2.45) is 5.73 Å². The van der Waals surface area contributed by atoms with Crippen LogP contribution in [-0.4, -0.2) is 6.04 Å². The van der Waals surface area contributed by atoms with Gasteiger partial charge in [0, 0.05) is 6.04 Å². The highest BCUT2D eigenvalue weighted by atomic mass is 19.1. The molecule has 0 amide bonds. The molecular weight excluding hydrogens is 260 g/mol. The van der Waals surface area contributed by atoms with Crippen molar-refractivity contribution in [1.82, 2.24) is 0 Å². The Kier molecular flexibility index (Phi) is 4.35. The van der Waals surface area contributed by atoms with Crippen molar-refractivity contribution < 1.29 is 13.5 Å². The predicted octanol–water partition coefficient (Wildman–Crippen LogP) is 3.96. The molecule has 2 aromatic rings. The van der Waals surface area contributed by atoms with Gasteiger partial charge in [-0.1, -0.05) is 12.1 Å². The Morgan fingerprint density at radius 3 is 2.35 bits per heavy atom. The minimum absolute atomic E-state index is 0.155. The van der Waals surface area contributed by atoms with Gasteiger partial charge in [-0.3, -0.25) is 0 Å². The number of nitrogens with two attached hydrogens (primary N) is 1. The summed E-state index contributed by atoms with van der Waals surface area (Å²) in [5, 5.41) is 0. The summed E-state index contributed by atoms with van der Waals surface area (Å²) in [7, 11) is 0. The number of hydrogen-bond donors (Lipinski definition) is 1. The monoisotopic (exact) mass is 277 g/mol. The molecule has 2 rings (SSSR count). The lowest BCUT2D eigenvalue weighted by Crippen LogP contribution is -2.18. The molecule has 2 aromatic carbocycles. The van der Waals surface area contributed by atoms with Gasteiger partial charge in [-0.05, 0) is 55.7 Å². The molecule has 2 N–H and O–H groups in total. The lowest BCUT2D eigenvalue weighted by Gasteiger charge is -2.11. The first-order valence-corrected chi connectivity index (χ1v) is 6.43. The summed E-state index contributed by atoms with van der Waals surface area (Å²) >= 11 is 0. The lowest BCUT2D eigenvalue weighted by atomic mass is 10.1. The van der Waals surface area contributed by atoms with E-state index in [4.69, 9.17) is 10.5 Å². The molecule has 0 spiro atoms. The molecule has 4 heteroatoms. The zero-order valence-electron chi connectivity index (χ0n) is 11.5. The highest BCUT2D eigenvalue weighted by molar-refractivity contribution is 5.37. The molecule has 0 radical (unpaired) electrons. The molecule has 20 heavy (non-hydrogen) atoms. The lowest BCUT2D eigenvalue weighted by molar-refractivity contribution is 0.406. The van der Waals surface area contributed by atoms with Crippen LogP contribution in [0, 0.1) is 18.6 Å². The number of rotatable bonds is 4. The maximum Gasteiger partial charge on any atom is 0.198 e. The molecule has 2 nitrogen and oxygen atoms in total. The van der Waals surface area contributed by atoms with Gasteiger partial charge >= 0.3 is 0 Å². The highest BCUT2D eigenvalue weighted by Crippen LogP contribution is 2.29. The van der Waals surface area contributed by atoms with Crippen molar-refractivity contribution in [2.45, 2.75) is 26.3 Å². The molecule has 0 heterocycles. The molecule has 106 valence electrons. The van der Waals surface area contributed by atoms with Crippen molar-refractivity contribution in [3.05, 3.63) is 59.2 Å². The van der Waals surface area contributed by atoms with E-state index >= 15 is 0 Å². The largest absolute Gasteiger partial charge is 0.451 e. The van der Waals surface area contributed by atoms with Crippen LogP contribution in [0.25, 0.3) is 0 Å². The average Bonchev–Trinajstić information content (AvgIpc) is 2.33. The van der Waals surface area contributed by atoms with Gasteiger partial charge in [0.15, 0.2) is 17.4 Å². The number of benzene rings is 2. The summed E-state index contributed by atoms with van der Waals surface area (Å²) < 4.78 is 33.2.